The molecule has 1 atom stereocenters. The number of hydrogen-bond acceptors (Lipinski definition) is 2. The van der Waals surface area contributed by atoms with Gasteiger partial charge in [0.05, 0.1) is 5.41 Å². The standard InChI is InChI=1S/C7H11NO2.K/c1-3-7(2)4-5(9)8-6(7)10;/h3-4H2,1-2H3,(H,8,9,10);. The van der Waals surface area contributed by atoms with Crippen molar-refractivity contribution in [2.45, 2.75) is 26.7 Å². The molecule has 1 heterocycles. The van der Waals surface area contributed by atoms with E-state index in [-0.39, 0.29) is 63.2 Å². The first-order chi connectivity index (χ1) is 4.58. The fourth-order valence-corrected chi connectivity index (χ4v) is 1.04. The molecule has 1 N–H and O–H groups in total. The third kappa shape index (κ3) is 2.35. The molecule has 0 spiro atoms. The van der Waals surface area contributed by atoms with Gasteiger partial charge in [-0.05, 0) is 6.42 Å². The molecule has 0 aliphatic carbocycles. The molecule has 1 radical (unpaired) electrons. The summed E-state index contributed by atoms with van der Waals surface area (Å²) in [7, 11) is 0. The number of nitrogens with one attached hydrogen (secondary N) is 1. The minimum atomic E-state index is -0.433. The fraction of sp³-hybridized carbons (Fsp3) is 0.714. The predicted molar refractivity (Wildman–Crippen MR) is 41.9 cm³/mol. The summed E-state index contributed by atoms with van der Waals surface area (Å²) in [4.78, 5) is 21.7. The summed E-state index contributed by atoms with van der Waals surface area (Å²) in [5.41, 5.74) is -0.433. The van der Waals surface area contributed by atoms with Crippen molar-refractivity contribution in [1.82, 2.24) is 5.32 Å². The fourth-order valence-electron chi connectivity index (χ4n) is 1.04. The zero-order valence-corrected chi connectivity index (χ0v) is 10.4. The molecule has 3 nitrogen and oxygen atoms in total. The van der Waals surface area contributed by atoms with Gasteiger partial charge >= 0.3 is 0 Å². The molecule has 1 unspecified atom stereocenters. The van der Waals surface area contributed by atoms with E-state index in [1.165, 1.54) is 0 Å². The maximum Gasteiger partial charge on any atom is 0.232 e. The summed E-state index contributed by atoms with van der Waals surface area (Å²) in [6.07, 6.45) is 1.08. The van der Waals surface area contributed by atoms with Gasteiger partial charge in [0.15, 0.2) is 0 Å². The number of carbonyl (C=O) groups excluding carboxylic acids is 2. The van der Waals surface area contributed by atoms with E-state index < -0.39 is 5.41 Å². The second kappa shape index (κ2) is 4.14. The molecule has 1 fully saturated rings. The SMILES string of the molecule is CCC1(C)CC(=O)NC1=O.[K]. The van der Waals surface area contributed by atoms with E-state index in [9.17, 15) is 9.59 Å². The van der Waals surface area contributed by atoms with Gasteiger partial charge in [-0.15, -0.1) is 0 Å². The summed E-state index contributed by atoms with van der Waals surface area (Å²) >= 11 is 0. The molecular formula is C7H11KNO2. The smallest absolute Gasteiger partial charge is 0.232 e. The third-order valence-corrected chi connectivity index (χ3v) is 2.13. The Hall–Kier alpha value is 0.776. The second-order valence-electron chi connectivity index (χ2n) is 2.97. The van der Waals surface area contributed by atoms with Gasteiger partial charge in [0, 0.05) is 57.8 Å². The van der Waals surface area contributed by atoms with Crippen LogP contribution in [0.25, 0.3) is 0 Å². The molecule has 0 aromatic carbocycles. The summed E-state index contributed by atoms with van der Waals surface area (Å²) < 4.78 is 0. The van der Waals surface area contributed by atoms with E-state index in [2.05, 4.69) is 5.32 Å². The molecule has 0 saturated carbocycles. The normalized spacial score (nSPS) is 29.6. The van der Waals surface area contributed by atoms with Crippen LogP contribution in [-0.4, -0.2) is 63.2 Å². The molecule has 1 saturated heterocycles. The van der Waals surface area contributed by atoms with Gasteiger partial charge in [-0.1, -0.05) is 13.8 Å². The monoisotopic (exact) mass is 180 g/mol. The van der Waals surface area contributed by atoms with Gasteiger partial charge in [0.25, 0.3) is 0 Å². The molecule has 11 heavy (non-hydrogen) atoms. The number of imide groups is 1. The predicted octanol–water partition coefficient (Wildman–Crippen LogP) is 0.0684. The van der Waals surface area contributed by atoms with Crippen LogP contribution >= 0.6 is 0 Å². The molecule has 4 heteroatoms. The Morgan fingerprint density at radius 1 is 1.55 bits per heavy atom. The maximum atomic E-state index is 11.0. The Balaban J connectivity index is 0.000001000. The van der Waals surface area contributed by atoms with Gasteiger partial charge in [0.1, 0.15) is 0 Å². The van der Waals surface area contributed by atoms with Crippen LogP contribution in [-0.2, 0) is 9.59 Å². The van der Waals surface area contributed by atoms with E-state index >= 15 is 0 Å². The molecular weight excluding hydrogens is 169 g/mol. The van der Waals surface area contributed by atoms with Crippen LogP contribution in [0.15, 0.2) is 0 Å². The Morgan fingerprint density at radius 2 is 2.09 bits per heavy atom. The van der Waals surface area contributed by atoms with Gasteiger partial charge < -0.3 is 0 Å². The van der Waals surface area contributed by atoms with Gasteiger partial charge in [-0.3, -0.25) is 14.9 Å². The largest absolute Gasteiger partial charge is 0.296 e. The minimum Gasteiger partial charge on any atom is -0.296 e. The first-order valence-electron chi connectivity index (χ1n) is 3.43. The minimum absolute atomic E-state index is 0. The quantitative estimate of drug-likeness (QED) is 0.458. The van der Waals surface area contributed by atoms with Crippen molar-refractivity contribution in [1.29, 1.82) is 0 Å². The second-order valence-corrected chi connectivity index (χ2v) is 2.97. The molecule has 0 bridgehead atoms. The summed E-state index contributed by atoms with van der Waals surface area (Å²) in [5.74, 6) is -0.269. The number of rotatable bonds is 1. The topological polar surface area (TPSA) is 46.2 Å². The number of amides is 2. The zero-order chi connectivity index (χ0) is 7.78. The zero-order valence-electron chi connectivity index (χ0n) is 7.23. The van der Waals surface area contributed by atoms with E-state index in [0.29, 0.717) is 6.42 Å². The van der Waals surface area contributed by atoms with Gasteiger partial charge in [-0.2, -0.15) is 0 Å². The molecule has 1 aliphatic heterocycles. The van der Waals surface area contributed by atoms with Crippen LogP contribution in [0.3, 0.4) is 0 Å². The first-order valence-corrected chi connectivity index (χ1v) is 3.43. The van der Waals surface area contributed by atoms with Crippen molar-refractivity contribution in [3.8, 4) is 0 Å². The van der Waals surface area contributed by atoms with Crippen LogP contribution in [0, 0.1) is 5.41 Å². The Morgan fingerprint density at radius 3 is 2.27 bits per heavy atom. The molecule has 1 aliphatic rings. The van der Waals surface area contributed by atoms with Crippen molar-refractivity contribution in [3.05, 3.63) is 0 Å². The Labute approximate surface area is 109 Å². The maximum absolute atomic E-state index is 11.0. The van der Waals surface area contributed by atoms with Crippen molar-refractivity contribution < 1.29 is 9.59 Å². The van der Waals surface area contributed by atoms with Crippen molar-refractivity contribution in [3.63, 3.8) is 0 Å². The van der Waals surface area contributed by atoms with E-state index in [0.717, 1.165) is 6.42 Å². The Kier molecular flexibility index (Phi) is 4.43. The number of carbonyl (C=O) groups is 2. The van der Waals surface area contributed by atoms with E-state index in [1.807, 2.05) is 13.8 Å². The van der Waals surface area contributed by atoms with Crippen molar-refractivity contribution in [2.24, 2.45) is 5.41 Å². The van der Waals surface area contributed by atoms with E-state index in [4.69, 9.17) is 0 Å². The van der Waals surface area contributed by atoms with Crippen LogP contribution in [0.4, 0.5) is 0 Å². The van der Waals surface area contributed by atoms with E-state index in [1.54, 1.807) is 0 Å². The van der Waals surface area contributed by atoms with Crippen LogP contribution in [0.2, 0.25) is 0 Å². The summed E-state index contributed by atoms with van der Waals surface area (Å²) in [6, 6.07) is 0. The molecule has 0 aromatic heterocycles. The molecule has 0 aromatic rings. The molecule has 2 amide bonds. The average Bonchev–Trinajstić information content (AvgIpc) is 2.09. The third-order valence-electron chi connectivity index (χ3n) is 2.13. The van der Waals surface area contributed by atoms with Gasteiger partial charge in [-0.25, -0.2) is 0 Å². The van der Waals surface area contributed by atoms with Crippen LogP contribution in [0.1, 0.15) is 26.7 Å². The molecule has 1 rings (SSSR count). The number of hydrogen-bond donors (Lipinski definition) is 1. The summed E-state index contributed by atoms with van der Waals surface area (Å²) in [6.45, 7) is 3.73. The first kappa shape index (κ1) is 11.8. The van der Waals surface area contributed by atoms with Gasteiger partial charge in [0.2, 0.25) is 11.8 Å². The Bertz CT molecular complexity index is 193. The van der Waals surface area contributed by atoms with Crippen LogP contribution < -0.4 is 5.32 Å². The van der Waals surface area contributed by atoms with Crippen LogP contribution in [0.5, 0.6) is 0 Å². The average molecular weight is 180 g/mol. The summed E-state index contributed by atoms with van der Waals surface area (Å²) in [5, 5.41) is 2.28. The molecule has 57 valence electrons. The van der Waals surface area contributed by atoms with Crippen molar-refractivity contribution >= 4 is 63.2 Å². The van der Waals surface area contributed by atoms with Crippen molar-refractivity contribution in [2.75, 3.05) is 0 Å².